The van der Waals surface area contributed by atoms with Crippen molar-refractivity contribution in [3.8, 4) is 0 Å². The highest BCUT2D eigenvalue weighted by Gasteiger charge is 2.47. The van der Waals surface area contributed by atoms with E-state index in [2.05, 4.69) is 65.8 Å². The molecule has 0 spiro atoms. The first-order chi connectivity index (χ1) is 16.7. The van der Waals surface area contributed by atoms with Crippen LogP contribution in [0.1, 0.15) is 127 Å². The number of rotatable bonds is 15. The molecule has 4 heteroatoms. The fourth-order valence-corrected chi connectivity index (χ4v) is 4.91. The molecule has 1 rings (SSSR count). The maximum absolute atomic E-state index is 12.0. The average molecular weight is 503 g/mol. The zero-order chi connectivity index (χ0) is 27.4. The lowest BCUT2D eigenvalue weighted by Crippen LogP contribution is -2.46. The van der Waals surface area contributed by atoms with Gasteiger partial charge in [0.25, 0.3) is 0 Å². The van der Waals surface area contributed by atoms with Crippen LogP contribution in [-0.2, 0) is 14.3 Å². The Balaban J connectivity index is 2.70. The Morgan fingerprint density at radius 2 is 1.25 bits per heavy atom. The molecule has 4 atom stereocenters. The van der Waals surface area contributed by atoms with Crippen LogP contribution in [-0.4, -0.2) is 34.5 Å². The van der Waals surface area contributed by atoms with E-state index in [0.29, 0.717) is 12.8 Å². The SMILES string of the molecule is CC(=O)O[C@](C)(CC/C=C(/C)CCC=C(C)C)[C@@H]1CC[C@H]([C@@](C)(O)CC/C=C(/C)CCC=C(C)C)O1. The third-order valence-corrected chi connectivity index (χ3v) is 7.23. The van der Waals surface area contributed by atoms with E-state index in [1.807, 2.05) is 13.8 Å². The first-order valence-corrected chi connectivity index (χ1v) is 13.9. The molecule has 0 aromatic carbocycles. The molecule has 1 saturated heterocycles. The number of ether oxygens (including phenoxy) is 2. The number of esters is 1. The van der Waals surface area contributed by atoms with Gasteiger partial charge in [0.15, 0.2) is 0 Å². The molecule has 0 saturated carbocycles. The molecule has 0 aliphatic carbocycles. The van der Waals surface area contributed by atoms with Crippen LogP contribution in [0.25, 0.3) is 0 Å². The highest BCUT2D eigenvalue weighted by atomic mass is 16.6. The summed E-state index contributed by atoms with van der Waals surface area (Å²) in [6.45, 7) is 18.2. The van der Waals surface area contributed by atoms with E-state index in [0.717, 1.165) is 51.4 Å². The number of carbonyl (C=O) groups is 1. The Bertz CT molecular complexity index is 806. The average Bonchev–Trinajstić information content (AvgIpc) is 3.25. The van der Waals surface area contributed by atoms with Crippen LogP contribution in [0.3, 0.4) is 0 Å². The summed E-state index contributed by atoms with van der Waals surface area (Å²) >= 11 is 0. The van der Waals surface area contributed by atoms with Gasteiger partial charge in [0.1, 0.15) is 5.60 Å². The summed E-state index contributed by atoms with van der Waals surface area (Å²) in [7, 11) is 0. The minimum atomic E-state index is -0.913. The summed E-state index contributed by atoms with van der Waals surface area (Å²) in [5.74, 6) is -0.283. The molecule has 1 aliphatic rings. The highest BCUT2D eigenvalue weighted by molar-refractivity contribution is 5.66. The van der Waals surface area contributed by atoms with Gasteiger partial charge in [-0.1, -0.05) is 46.6 Å². The van der Waals surface area contributed by atoms with E-state index in [-0.39, 0.29) is 18.2 Å². The zero-order valence-corrected chi connectivity index (χ0v) is 24.7. The predicted molar refractivity (Wildman–Crippen MR) is 152 cm³/mol. The largest absolute Gasteiger partial charge is 0.457 e. The van der Waals surface area contributed by atoms with E-state index in [4.69, 9.17) is 9.47 Å². The quantitative estimate of drug-likeness (QED) is 0.180. The number of carbonyl (C=O) groups excluding carboxylic acids is 1. The number of hydrogen-bond donors (Lipinski definition) is 1. The molecule has 206 valence electrons. The first kappa shape index (κ1) is 32.4. The second-order valence-corrected chi connectivity index (χ2v) is 11.8. The monoisotopic (exact) mass is 502 g/mol. The van der Waals surface area contributed by atoms with Crippen LogP contribution < -0.4 is 0 Å². The smallest absolute Gasteiger partial charge is 0.303 e. The summed E-state index contributed by atoms with van der Waals surface area (Å²) in [5, 5.41) is 11.2. The highest BCUT2D eigenvalue weighted by Crippen LogP contribution is 2.39. The van der Waals surface area contributed by atoms with E-state index < -0.39 is 11.2 Å². The maximum Gasteiger partial charge on any atom is 0.303 e. The number of allylic oxidation sites excluding steroid dienone is 8. The normalized spacial score (nSPS) is 21.9. The summed E-state index contributed by atoms with van der Waals surface area (Å²) < 4.78 is 12.3. The molecule has 0 unspecified atom stereocenters. The fraction of sp³-hybridized carbons (Fsp3) is 0.719. The molecule has 1 fully saturated rings. The lowest BCUT2D eigenvalue weighted by Gasteiger charge is -2.36. The lowest BCUT2D eigenvalue weighted by atomic mass is 9.88. The van der Waals surface area contributed by atoms with Crippen molar-refractivity contribution in [3.63, 3.8) is 0 Å². The summed E-state index contributed by atoms with van der Waals surface area (Å²) in [5.41, 5.74) is 3.80. The Kier molecular flexibility index (Phi) is 14.0. The molecule has 0 bridgehead atoms. The molecule has 0 amide bonds. The molecule has 0 aromatic heterocycles. The Labute approximate surface area is 221 Å². The third-order valence-electron chi connectivity index (χ3n) is 7.23. The standard InChI is InChI=1S/C32H54O4/c1-24(2)14-10-16-26(5)18-12-22-31(8,34)29-20-21-30(35-29)32(9,36-28(7)33)23-13-19-27(6)17-11-15-25(3)4/h14-15,18-19,29-30,34H,10-13,16-17,20-23H2,1-9H3/b26-18-,27-19-/t29-,30+,31+,32-/m1/s1. The van der Waals surface area contributed by atoms with E-state index in [1.54, 1.807) is 0 Å². The molecular formula is C32H54O4. The van der Waals surface area contributed by atoms with E-state index >= 15 is 0 Å². The van der Waals surface area contributed by atoms with Gasteiger partial charge in [-0.05, 0) is 120 Å². The molecule has 0 radical (unpaired) electrons. The number of hydrogen-bond acceptors (Lipinski definition) is 4. The van der Waals surface area contributed by atoms with Crippen LogP contribution in [0.2, 0.25) is 0 Å². The van der Waals surface area contributed by atoms with Crippen molar-refractivity contribution in [2.24, 2.45) is 0 Å². The summed E-state index contributed by atoms with van der Waals surface area (Å²) in [6, 6.07) is 0. The van der Waals surface area contributed by atoms with Crippen molar-refractivity contribution in [1.82, 2.24) is 0 Å². The van der Waals surface area contributed by atoms with Crippen molar-refractivity contribution in [2.45, 2.75) is 150 Å². The van der Waals surface area contributed by atoms with Crippen LogP contribution >= 0.6 is 0 Å². The van der Waals surface area contributed by atoms with Gasteiger partial charge in [0.05, 0.1) is 17.8 Å². The molecule has 1 aliphatic heterocycles. The summed E-state index contributed by atoms with van der Waals surface area (Å²) in [4.78, 5) is 12.0. The topological polar surface area (TPSA) is 55.8 Å². The zero-order valence-electron chi connectivity index (χ0n) is 24.7. The van der Waals surface area contributed by atoms with Gasteiger partial charge >= 0.3 is 5.97 Å². The van der Waals surface area contributed by atoms with Gasteiger partial charge in [0.2, 0.25) is 0 Å². The maximum atomic E-state index is 12.0. The predicted octanol–water partition coefficient (Wildman–Crippen LogP) is 8.55. The van der Waals surface area contributed by atoms with Crippen LogP contribution in [0, 0.1) is 0 Å². The minimum absolute atomic E-state index is 0.210. The van der Waals surface area contributed by atoms with Crippen LogP contribution in [0.15, 0.2) is 46.6 Å². The Morgan fingerprint density at radius 1 is 0.778 bits per heavy atom. The minimum Gasteiger partial charge on any atom is -0.457 e. The summed E-state index contributed by atoms with van der Waals surface area (Å²) in [6.07, 6.45) is 17.4. The van der Waals surface area contributed by atoms with Gasteiger partial charge in [-0.3, -0.25) is 4.79 Å². The Morgan fingerprint density at radius 3 is 1.72 bits per heavy atom. The van der Waals surface area contributed by atoms with E-state index in [1.165, 1.54) is 29.2 Å². The first-order valence-electron chi connectivity index (χ1n) is 13.9. The molecular weight excluding hydrogens is 448 g/mol. The van der Waals surface area contributed by atoms with E-state index in [9.17, 15) is 9.90 Å². The van der Waals surface area contributed by atoms with Crippen molar-refractivity contribution in [3.05, 3.63) is 46.6 Å². The van der Waals surface area contributed by atoms with Gasteiger partial charge in [-0.15, -0.1) is 0 Å². The molecule has 1 N–H and O–H groups in total. The van der Waals surface area contributed by atoms with Gasteiger partial charge in [0, 0.05) is 6.92 Å². The second-order valence-electron chi connectivity index (χ2n) is 11.8. The Hall–Kier alpha value is -1.65. The van der Waals surface area contributed by atoms with Gasteiger partial charge < -0.3 is 14.6 Å². The molecule has 4 nitrogen and oxygen atoms in total. The van der Waals surface area contributed by atoms with Gasteiger partial charge in [-0.2, -0.15) is 0 Å². The molecule has 1 heterocycles. The van der Waals surface area contributed by atoms with Gasteiger partial charge in [-0.25, -0.2) is 0 Å². The molecule has 0 aromatic rings. The molecule has 36 heavy (non-hydrogen) atoms. The third kappa shape index (κ3) is 12.5. The number of aliphatic hydroxyl groups is 1. The van der Waals surface area contributed by atoms with Crippen molar-refractivity contribution < 1.29 is 19.4 Å². The van der Waals surface area contributed by atoms with Crippen LogP contribution in [0.4, 0.5) is 0 Å². The lowest BCUT2D eigenvalue weighted by molar-refractivity contribution is -0.182. The second kappa shape index (κ2) is 15.6. The van der Waals surface area contributed by atoms with Crippen molar-refractivity contribution >= 4 is 5.97 Å². The van der Waals surface area contributed by atoms with Crippen molar-refractivity contribution in [2.75, 3.05) is 0 Å². The van der Waals surface area contributed by atoms with Crippen LogP contribution in [0.5, 0.6) is 0 Å². The fourth-order valence-electron chi connectivity index (χ4n) is 4.91. The van der Waals surface area contributed by atoms with Crippen molar-refractivity contribution in [1.29, 1.82) is 0 Å².